The molecular formula is C16H33N3O. The Morgan fingerprint density at radius 3 is 2.30 bits per heavy atom. The Bertz CT molecular complexity index is 258. The summed E-state index contributed by atoms with van der Waals surface area (Å²) in [6.07, 6.45) is 6.52. The maximum atomic E-state index is 11.9. The molecule has 1 fully saturated rings. The van der Waals surface area contributed by atoms with Crippen LogP contribution in [0.4, 0.5) is 0 Å². The third-order valence-corrected chi connectivity index (χ3v) is 4.64. The minimum absolute atomic E-state index is 0.237. The largest absolute Gasteiger partial charge is 0.356 e. The Hall–Kier alpha value is -0.610. The van der Waals surface area contributed by atoms with Gasteiger partial charge in [0.1, 0.15) is 0 Å². The van der Waals surface area contributed by atoms with Gasteiger partial charge in [0.2, 0.25) is 5.91 Å². The first kappa shape index (κ1) is 17.4. The van der Waals surface area contributed by atoms with Crippen LogP contribution in [0, 0.1) is 11.8 Å². The van der Waals surface area contributed by atoms with E-state index in [4.69, 9.17) is 5.73 Å². The fourth-order valence-electron chi connectivity index (χ4n) is 3.08. The minimum atomic E-state index is 0.237. The summed E-state index contributed by atoms with van der Waals surface area (Å²) < 4.78 is 0. The van der Waals surface area contributed by atoms with Gasteiger partial charge in [0.05, 0.1) is 0 Å². The van der Waals surface area contributed by atoms with E-state index in [9.17, 15) is 4.79 Å². The highest BCUT2D eigenvalue weighted by Gasteiger charge is 2.21. The maximum absolute atomic E-state index is 11.9. The molecule has 0 aromatic carbocycles. The molecule has 0 atom stereocenters. The quantitative estimate of drug-likeness (QED) is 0.636. The van der Waals surface area contributed by atoms with Gasteiger partial charge in [-0.15, -0.1) is 0 Å². The summed E-state index contributed by atoms with van der Waals surface area (Å²) >= 11 is 0. The second-order valence-electron chi connectivity index (χ2n) is 6.06. The summed E-state index contributed by atoms with van der Waals surface area (Å²) in [5.74, 6) is 1.52. The number of carbonyl (C=O) groups excluding carboxylic acids is 1. The SMILES string of the molecule is CCN(CC)CCCNC(=O)CC1CCC(CN)CC1. The molecule has 3 N–H and O–H groups in total. The average Bonchev–Trinajstić information content (AvgIpc) is 2.48. The number of carbonyl (C=O) groups is 1. The Labute approximate surface area is 124 Å². The molecule has 1 amide bonds. The molecule has 0 heterocycles. The zero-order chi connectivity index (χ0) is 14.8. The summed E-state index contributed by atoms with van der Waals surface area (Å²) in [6.45, 7) is 9.25. The van der Waals surface area contributed by atoms with Gasteiger partial charge < -0.3 is 16.0 Å². The van der Waals surface area contributed by atoms with Crippen molar-refractivity contribution in [2.75, 3.05) is 32.7 Å². The molecular weight excluding hydrogens is 250 g/mol. The molecule has 1 aliphatic rings. The number of hydrogen-bond donors (Lipinski definition) is 2. The van der Waals surface area contributed by atoms with E-state index in [-0.39, 0.29) is 5.91 Å². The molecule has 0 radical (unpaired) electrons. The molecule has 1 aliphatic carbocycles. The molecule has 1 saturated carbocycles. The van der Waals surface area contributed by atoms with Crippen LogP contribution < -0.4 is 11.1 Å². The molecule has 0 aliphatic heterocycles. The van der Waals surface area contributed by atoms with Gasteiger partial charge in [-0.3, -0.25) is 4.79 Å². The first-order valence-corrected chi connectivity index (χ1v) is 8.38. The second-order valence-corrected chi connectivity index (χ2v) is 6.06. The van der Waals surface area contributed by atoms with Crippen molar-refractivity contribution in [2.45, 2.75) is 52.4 Å². The van der Waals surface area contributed by atoms with E-state index in [0.29, 0.717) is 18.3 Å². The lowest BCUT2D eigenvalue weighted by molar-refractivity contribution is -0.122. The van der Waals surface area contributed by atoms with Crippen LogP contribution in [0.2, 0.25) is 0 Å². The van der Waals surface area contributed by atoms with Gasteiger partial charge in [0.25, 0.3) is 0 Å². The van der Waals surface area contributed by atoms with Gasteiger partial charge >= 0.3 is 0 Å². The third-order valence-electron chi connectivity index (χ3n) is 4.64. The summed E-state index contributed by atoms with van der Waals surface area (Å²) in [5.41, 5.74) is 5.69. The van der Waals surface area contributed by atoms with Crippen LogP contribution in [0.25, 0.3) is 0 Å². The Balaban J connectivity index is 2.06. The predicted octanol–water partition coefficient (Wildman–Crippen LogP) is 1.99. The number of nitrogens with one attached hydrogen (secondary N) is 1. The highest BCUT2D eigenvalue weighted by Crippen LogP contribution is 2.29. The molecule has 0 spiro atoms. The zero-order valence-electron chi connectivity index (χ0n) is 13.4. The van der Waals surface area contributed by atoms with Gasteiger partial charge in [-0.2, -0.15) is 0 Å². The number of hydrogen-bond acceptors (Lipinski definition) is 3. The Morgan fingerprint density at radius 1 is 1.15 bits per heavy atom. The van der Waals surface area contributed by atoms with Crippen LogP contribution in [-0.4, -0.2) is 43.5 Å². The van der Waals surface area contributed by atoms with E-state index in [0.717, 1.165) is 39.1 Å². The monoisotopic (exact) mass is 283 g/mol. The van der Waals surface area contributed by atoms with E-state index < -0.39 is 0 Å². The van der Waals surface area contributed by atoms with Gasteiger partial charge in [0, 0.05) is 13.0 Å². The minimum Gasteiger partial charge on any atom is -0.356 e. The van der Waals surface area contributed by atoms with E-state index in [1.807, 2.05) is 0 Å². The van der Waals surface area contributed by atoms with Gasteiger partial charge in [0.15, 0.2) is 0 Å². The number of nitrogens with two attached hydrogens (primary N) is 1. The molecule has 0 saturated heterocycles. The van der Waals surface area contributed by atoms with E-state index in [1.54, 1.807) is 0 Å². The lowest BCUT2D eigenvalue weighted by atomic mass is 9.80. The number of amides is 1. The first-order valence-electron chi connectivity index (χ1n) is 8.38. The molecule has 0 bridgehead atoms. The third kappa shape index (κ3) is 6.71. The lowest BCUT2D eigenvalue weighted by Gasteiger charge is -2.27. The average molecular weight is 283 g/mol. The normalized spacial score (nSPS) is 23.0. The van der Waals surface area contributed by atoms with Crippen molar-refractivity contribution < 1.29 is 4.79 Å². The molecule has 0 aromatic heterocycles. The van der Waals surface area contributed by atoms with E-state index in [1.165, 1.54) is 25.7 Å². The van der Waals surface area contributed by atoms with Crippen molar-refractivity contribution in [1.82, 2.24) is 10.2 Å². The fourth-order valence-corrected chi connectivity index (χ4v) is 3.08. The van der Waals surface area contributed by atoms with Crippen LogP contribution in [-0.2, 0) is 4.79 Å². The van der Waals surface area contributed by atoms with Gasteiger partial charge in [-0.1, -0.05) is 13.8 Å². The lowest BCUT2D eigenvalue weighted by Crippen LogP contribution is -2.31. The second kappa shape index (κ2) is 10.2. The highest BCUT2D eigenvalue weighted by atomic mass is 16.1. The predicted molar refractivity (Wildman–Crippen MR) is 84.5 cm³/mol. The molecule has 4 heteroatoms. The number of rotatable bonds is 9. The Kier molecular flexibility index (Phi) is 8.86. The standard InChI is InChI=1S/C16H33N3O/c1-3-19(4-2)11-5-10-18-16(20)12-14-6-8-15(13-17)9-7-14/h14-15H,3-13,17H2,1-2H3,(H,18,20). The molecule has 20 heavy (non-hydrogen) atoms. The topological polar surface area (TPSA) is 58.4 Å². The Morgan fingerprint density at radius 2 is 1.75 bits per heavy atom. The zero-order valence-corrected chi connectivity index (χ0v) is 13.4. The molecule has 1 rings (SSSR count). The molecule has 118 valence electrons. The van der Waals surface area contributed by atoms with E-state index >= 15 is 0 Å². The summed E-state index contributed by atoms with van der Waals surface area (Å²) in [7, 11) is 0. The van der Waals surface area contributed by atoms with Crippen molar-refractivity contribution >= 4 is 5.91 Å². The van der Waals surface area contributed by atoms with Crippen LogP contribution in [0.5, 0.6) is 0 Å². The first-order chi connectivity index (χ1) is 9.69. The van der Waals surface area contributed by atoms with Crippen LogP contribution in [0.15, 0.2) is 0 Å². The van der Waals surface area contributed by atoms with Crippen LogP contribution in [0.1, 0.15) is 52.4 Å². The van der Waals surface area contributed by atoms with Crippen molar-refractivity contribution in [3.05, 3.63) is 0 Å². The molecule has 4 nitrogen and oxygen atoms in total. The fraction of sp³-hybridized carbons (Fsp3) is 0.938. The summed E-state index contributed by atoms with van der Waals surface area (Å²) in [5, 5.41) is 3.07. The highest BCUT2D eigenvalue weighted by molar-refractivity contribution is 5.76. The van der Waals surface area contributed by atoms with Crippen molar-refractivity contribution in [1.29, 1.82) is 0 Å². The smallest absolute Gasteiger partial charge is 0.220 e. The van der Waals surface area contributed by atoms with Gasteiger partial charge in [-0.25, -0.2) is 0 Å². The van der Waals surface area contributed by atoms with Crippen LogP contribution in [0.3, 0.4) is 0 Å². The molecule has 0 aromatic rings. The van der Waals surface area contributed by atoms with Crippen LogP contribution >= 0.6 is 0 Å². The van der Waals surface area contributed by atoms with Crippen molar-refractivity contribution in [3.63, 3.8) is 0 Å². The molecule has 0 unspecified atom stereocenters. The van der Waals surface area contributed by atoms with E-state index in [2.05, 4.69) is 24.1 Å². The van der Waals surface area contributed by atoms with Gasteiger partial charge in [-0.05, 0) is 70.1 Å². The summed E-state index contributed by atoms with van der Waals surface area (Å²) in [4.78, 5) is 14.3. The summed E-state index contributed by atoms with van der Waals surface area (Å²) in [6, 6.07) is 0. The van der Waals surface area contributed by atoms with Crippen molar-refractivity contribution in [2.24, 2.45) is 17.6 Å². The maximum Gasteiger partial charge on any atom is 0.220 e. The van der Waals surface area contributed by atoms with Crippen molar-refractivity contribution in [3.8, 4) is 0 Å². The number of nitrogens with zero attached hydrogens (tertiary/aromatic N) is 1.